The molecule has 0 saturated heterocycles. The average Bonchev–Trinajstić information content (AvgIpc) is 2.60. The van der Waals surface area contributed by atoms with Crippen LogP contribution < -0.4 is 9.47 Å². The van der Waals surface area contributed by atoms with Gasteiger partial charge in [-0.25, -0.2) is 0 Å². The first-order valence-electron chi connectivity index (χ1n) is 8.73. The predicted molar refractivity (Wildman–Crippen MR) is 98.7 cm³/mol. The molecular weight excluding hydrogens is 316 g/mol. The Hall–Kier alpha value is -2.49. The Morgan fingerprint density at radius 2 is 1.88 bits per heavy atom. The van der Waals surface area contributed by atoms with Gasteiger partial charge >= 0.3 is 5.97 Å². The van der Waals surface area contributed by atoms with E-state index in [-0.39, 0.29) is 0 Å². The van der Waals surface area contributed by atoms with E-state index in [2.05, 4.69) is 6.92 Å². The van der Waals surface area contributed by atoms with Gasteiger partial charge in [0.2, 0.25) is 0 Å². The molecule has 2 rings (SSSR count). The number of ether oxygens (including phenoxy) is 2. The van der Waals surface area contributed by atoms with Crippen LogP contribution in [0.15, 0.2) is 42.5 Å². The molecule has 1 atom stereocenters. The minimum absolute atomic E-state index is 0.390. The molecule has 0 heterocycles. The SMILES string of the molecule is CCCOc1ccc(C(Cc2ccccc2OCC)C(=O)O)c(C)c1. The van der Waals surface area contributed by atoms with E-state index in [1.54, 1.807) is 0 Å². The molecule has 0 bridgehead atoms. The number of benzene rings is 2. The average molecular weight is 342 g/mol. The van der Waals surface area contributed by atoms with Crippen molar-refractivity contribution in [2.75, 3.05) is 13.2 Å². The molecule has 0 fully saturated rings. The first kappa shape index (κ1) is 18.8. The summed E-state index contributed by atoms with van der Waals surface area (Å²) in [7, 11) is 0. The largest absolute Gasteiger partial charge is 0.494 e. The Kier molecular flexibility index (Phi) is 6.87. The number of hydrogen-bond acceptors (Lipinski definition) is 3. The van der Waals surface area contributed by atoms with Gasteiger partial charge in [-0.1, -0.05) is 31.2 Å². The first-order valence-corrected chi connectivity index (χ1v) is 8.73. The Morgan fingerprint density at radius 1 is 1.12 bits per heavy atom. The minimum atomic E-state index is -0.836. The molecule has 0 spiro atoms. The van der Waals surface area contributed by atoms with Gasteiger partial charge in [0.25, 0.3) is 0 Å². The fourth-order valence-corrected chi connectivity index (χ4v) is 2.87. The van der Waals surface area contributed by atoms with Crippen molar-refractivity contribution < 1.29 is 19.4 Å². The summed E-state index contributed by atoms with van der Waals surface area (Å²) < 4.78 is 11.3. The van der Waals surface area contributed by atoms with Crippen molar-refractivity contribution in [1.29, 1.82) is 0 Å². The maximum Gasteiger partial charge on any atom is 0.311 e. The lowest BCUT2D eigenvalue weighted by Gasteiger charge is -2.18. The number of aryl methyl sites for hydroxylation is 1. The van der Waals surface area contributed by atoms with Crippen molar-refractivity contribution in [2.45, 2.75) is 39.5 Å². The van der Waals surface area contributed by atoms with Crippen LogP contribution in [0.1, 0.15) is 42.9 Å². The summed E-state index contributed by atoms with van der Waals surface area (Å²) in [5.74, 6) is 0.0669. The van der Waals surface area contributed by atoms with E-state index in [9.17, 15) is 9.90 Å². The third-order valence-electron chi connectivity index (χ3n) is 4.08. The standard InChI is InChI=1S/C21H26O4/c1-4-12-25-17-10-11-18(15(3)13-17)19(21(22)23)14-16-8-6-7-9-20(16)24-5-2/h6-11,13,19H,4-5,12,14H2,1-3H3,(H,22,23). The predicted octanol–water partition coefficient (Wildman–Crippen LogP) is 4.59. The van der Waals surface area contributed by atoms with Gasteiger partial charge in [-0.05, 0) is 61.6 Å². The molecular formula is C21H26O4. The van der Waals surface area contributed by atoms with E-state index < -0.39 is 11.9 Å². The Bertz CT molecular complexity index is 709. The number of carboxylic acids is 1. The van der Waals surface area contributed by atoms with Crippen LogP contribution in [0.2, 0.25) is 0 Å². The van der Waals surface area contributed by atoms with E-state index in [4.69, 9.17) is 9.47 Å². The van der Waals surface area contributed by atoms with Crippen LogP contribution in [0.4, 0.5) is 0 Å². The maximum absolute atomic E-state index is 11.9. The molecule has 1 unspecified atom stereocenters. The van der Waals surface area contributed by atoms with E-state index in [0.29, 0.717) is 19.6 Å². The monoisotopic (exact) mass is 342 g/mol. The summed E-state index contributed by atoms with van der Waals surface area (Å²) in [5.41, 5.74) is 2.64. The highest BCUT2D eigenvalue weighted by Gasteiger charge is 2.23. The van der Waals surface area contributed by atoms with Gasteiger partial charge in [0.15, 0.2) is 0 Å². The number of carbonyl (C=O) groups is 1. The van der Waals surface area contributed by atoms with Gasteiger partial charge < -0.3 is 14.6 Å². The molecule has 0 aliphatic heterocycles. The van der Waals surface area contributed by atoms with Gasteiger partial charge in [-0.3, -0.25) is 4.79 Å². The van der Waals surface area contributed by atoms with Gasteiger partial charge in [-0.2, -0.15) is 0 Å². The summed E-state index contributed by atoms with van der Waals surface area (Å²) in [6, 6.07) is 13.2. The lowest BCUT2D eigenvalue weighted by atomic mass is 9.89. The summed E-state index contributed by atoms with van der Waals surface area (Å²) in [4.78, 5) is 11.9. The van der Waals surface area contributed by atoms with E-state index in [1.807, 2.05) is 56.3 Å². The first-order chi connectivity index (χ1) is 12.1. The Labute approximate surface area is 149 Å². The Morgan fingerprint density at radius 3 is 2.52 bits per heavy atom. The van der Waals surface area contributed by atoms with Gasteiger partial charge in [-0.15, -0.1) is 0 Å². The quantitative estimate of drug-likeness (QED) is 0.724. The van der Waals surface area contributed by atoms with Crippen LogP contribution >= 0.6 is 0 Å². The fraction of sp³-hybridized carbons (Fsp3) is 0.381. The second-order valence-electron chi connectivity index (χ2n) is 6.00. The number of hydrogen-bond donors (Lipinski definition) is 1. The topological polar surface area (TPSA) is 55.8 Å². The van der Waals surface area contributed by atoms with Gasteiger partial charge in [0.05, 0.1) is 19.1 Å². The second-order valence-corrected chi connectivity index (χ2v) is 6.00. The number of aliphatic carboxylic acids is 1. The lowest BCUT2D eigenvalue weighted by Crippen LogP contribution is -2.16. The van der Waals surface area contributed by atoms with E-state index in [1.165, 1.54) is 0 Å². The number of rotatable bonds is 9. The maximum atomic E-state index is 11.9. The van der Waals surface area contributed by atoms with Crippen molar-refractivity contribution in [2.24, 2.45) is 0 Å². The molecule has 2 aromatic carbocycles. The highest BCUT2D eigenvalue weighted by atomic mass is 16.5. The van der Waals surface area contributed by atoms with Crippen LogP contribution in [-0.4, -0.2) is 24.3 Å². The molecule has 0 radical (unpaired) electrons. The van der Waals surface area contributed by atoms with Gasteiger partial charge in [0.1, 0.15) is 11.5 Å². The normalized spacial score (nSPS) is 11.8. The van der Waals surface area contributed by atoms with Crippen LogP contribution in [-0.2, 0) is 11.2 Å². The third-order valence-corrected chi connectivity index (χ3v) is 4.08. The number of carboxylic acid groups (broad SMARTS) is 1. The molecule has 134 valence electrons. The molecule has 4 nitrogen and oxygen atoms in total. The zero-order valence-corrected chi connectivity index (χ0v) is 15.1. The molecule has 25 heavy (non-hydrogen) atoms. The highest BCUT2D eigenvalue weighted by molar-refractivity contribution is 5.77. The van der Waals surface area contributed by atoms with Crippen LogP contribution in [0.25, 0.3) is 0 Å². The highest BCUT2D eigenvalue weighted by Crippen LogP contribution is 2.30. The molecule has 0 aliphatic rings. The fourth-order valence-electron chi connectivity index (χ4n) is 2.87. The molecule has 1 N–H and O–H groups in total. The number of para-hydroxylation sites is 1. The molecule has 0 amide bonds. The van der Waals surface area contributed by atoms with Gasteiger partial charge in [0, 0.05) is 0 Å². The van der Waals surface area contributed by atoms with Crippen molar-refractivity contribution >= 4 is 5.97 Å². The smallest absolute Gasteiger partial charge is 0.311 e. The Balaban J connectivity index is 2.28. The van der Waals surface area contributed by atoms with Crippen molar-refractivity contribution in [1.82, 2.24) is 0 Å². The lowest BCUT2D eigenvalue weighted by molar-refractivity contribution is -0.138. The summed E-state index contributed by atoms with van der Waals surface area (Å²) in [6.07, 6.45) is 1.33. The molecule has 0 saturated carbocycles. The second kappa shape index (κ2) is 9.11. The minimum Gasteiger partial charge on any atom is -0.494 e. The molecule has 0 aromatic heterocycles. The van der Waals surface area contributed by atoms with Crippen LogP contribution in [0.3, 0.4) is 0 Å². The summed E-state index contributed by atoms with van der Waals surface area (Å²) in [6.45, 7) is 7.11. The molecule has 4 heteroatoms. The van der Waals surface area contributed by atoms with Crippen molar-refractivity contribution in [3.63, 3.8) is 0 Å². The van der Waals surface area contributed by atoms with Crippen LogP contribution in [0.5, 0.6) is 11.5 Å². The zero-order chi connectivity index (χ0) is 18.2. The zero-order valence-electron chi connectivity index (χ0n) is 15.1. The summed E-state index contributed by atoms with van der Waals surface area (Å²) in [5, 5.41) is 9.77. The van der Waals surface area contributed by atoms with Crippen LogP contribution in [0, 0.1) is 6.92 Å². The van der Waals surface area contributed by atoms with Crippen molar-refractivity contribution in [3.8, 4) is 11.5 Å². The molecule has 0 aliphatic carbocycles. The summed E-state index contributed by atoms with van der Waals surface area (Å²) >= 11 is 0. The molecule has 2 aromatic rings. The third kappa shape index (κ3) is 4.99. The van der Waals surface area contributed by atoms with E-state index >= 15 is 0 Å². The van der Waals surface area contributed by atoms with E-state index in [0.717, 1.165) is 34.6 Å². The van der Waals surface area contributed by atoms with Crippen molar-refractivity contribution in [3.05, 3.63) is 59.2 Å².